The van der Waals surface area contributed by atoms with Crippen LogP contribution < -0.4 is 0 Å². The maximum absolute atomic E-state index is 9.29. The number of rotatable bonds is 1. The van der Waals surface area contributed by atoms with Gasteiger partial charge in [-0.2, -0.15) is 0 Å². The van der Waals surface area contributed by atoms with Gasteiger partial charge >= 0.3 is 0 Å². The maximum Gasteiger partial charge on any atom is 0.254 e. The molecule has 1 fully saturated rings. The van der Waals surface area contributed by atoms with E-state index in [2.05, 4.69) is 20.7 Å². The van der Waals surface area contributed by atoms with Crippen LogP contribution >= 0.6 is 15.9 Å². The number of aliphatic hydroxyl groups is 5. The molecule has 1 heterocycles. The Kier molecular flexibility index (Phi) is 3.29. The molecule has 6 nitrogen and oxygen atoms in total. The van der Waals surface area contributed by atoms with Gasteiger partial charge in [-0.05, 0) is 15.9 Å². The number of hydrogen-bond acceptors (Lipinski definition) is 6. The van der Waals surface area contributed by atoms with Crippen molar-refractivity contribution in [3.05, 3.63) is 0 Å². The molecule has 0 spiro atoms. The molecule has 0 aromatic carbocycles. The van der Waals surface area contributed by atoms with Crippen LogP contribution in [0.2, 0.25) is 0 Å². The second kappa shape index (κ2) is 3.77. The molecular weight excluding hydrogens is 248 g/mol. The summed E-state index contributed by atoms with van der Waals surface area (Å²) in [6, 6.07) is 0. The van der Waals surface area contributed by atoms with E-state index in [-0.39, 0.29) is 0 Å². The lowest BCUT2D eigenvalue weighted by Crippen LogP contribution is -2.62. The van der Waals surface area contributed by atoms with E-state index in [1.54, 1.807) is 0 Å². The quantitative estimate of drug-likeness (QED) is 0.333. The van der Waals surface area contributed by atoms with Crippen molar-refractivity contribution in [2.45, 2.75) is 29.1 Å². The van der Waals surface area contributed by atoms with E-state index in [0.29, 0.717) is 0 Å². The molecule has 0 unspecified atom stereocenters. The topological polar surface area (TPSA) is 110 Å². The first-order valence-electron chi connectivity index (χ1n) is 3.64. The Balaban J connectivity index is 2.79. The van der Waals surface area contributed by atoms with E-state index in [1.165, 1.54) is 0 Å². The Bertz CT molecular complexity index is 184. The predicted octanol–water partition coefficient (Wildman–Crippen LogP) is -2.50. The molecule has 0 bridgehead atoms. The molecule has 5 N–H and O–H groups in total. The molecule has 13 heavy (non-hydrogen) atoms. The lowest BCUT2D eigenvalue weighted by molar-refractivity contribution is -0.301. The van der Waals surface area contributed by atoms with Crippen molar-refractivity contribution in [1.29, 1.82) is 0 Å². The zero-order valence-corrected chi connectivity index (χ0v) is 8.12. The Labute approximate surface area is 82.5 Å². The highest BCUT2D eigenvalue weighted by Gasteiger charge is 2.51. The van der Waals surface area contributed by atoms with Gasteiger partial charge in [-0.25, -0.2) is 0 Å². The van der Waals surface area contributed by atoms with Crippen molar-refractivity contribution in [2.24, 2.45) is 0 Å². The molecule has 0 radical (unpaired) electrons. The fraction of sp³-hybridized carbons (Fsp3) is 1.00. The normalized spacial score (nSPS) is 52.2. The van der Waals surface area contributed by atoms with Crippen molar-refractivity contribution in [3.63, 3.8) is 0 Å². The minimum absolute atomic E-state index is 0.571. The van der Waals surface area contributed by atoms with E-state index in [4.69, 9.17) is 5.11 Å². The SMILES string of the molecule is OC[C@H]1O[C@](O)(Br)[C@@H](O)[C@@H](O)[C@@H]1O. The zero-order valence-electron chi connectivity index (χ0n) is 6.54. The molecule has 0 saturated carbocycles. The summed E-state index contributed by atoms with van der Waals surface area (Å²) in [4.78, 5) is 0. The molecule has 0 aromatic heterocycles. The number of ether oxygens (including phenoxy) is 1. The van der Waals surface area contributed by atoms with Gasteiger partial charge in [0, 0.05) is 0 Å². The highest BCUT2D eigenvalue weighted by molar-refractivity contribution is 9.10. The van der Waals surface area contributed by atoms with Crippen LogP contribution in [0.25, 0.3) is 0 Å². The van der Waals surface area contributed by atoms with Gasteiger partial charge in [0.2, 0.25) is 0 Å². The van der Waals surface area contributed by atoms with Crippen LogP contribution in [0.1, 0.15) is 0 Å². The van der Waals surface area contributed by atoms with E-state index in [1.807, 2.05) is 0 Å². The molecule has 0 aromatic rings. The van der Waals surface area contributed by atoms with Gasteiger partial charge in [0.15, 0.2) is 0 Å². The first-order chi connectivity index (χ1) is 5.90. The largest absolute Gasteiger partial charge is 0.394 e. The van der Waals surface area contributed by atoms with E-state index in [0.717, 1.165) is 0 Å². The summed E-state index contributed by atoms with van der Waals surface area (Å²) in [5.74, 6) is 0. The summed E-state index contributed by atoms with van der Waals surface area (Å²) in [7, 11) is 0. The summed E-state index contributed by atoms with van der Waals surface area (Å²) >= 11 is 2.61. The van der Waals surface area contributed by atoms with Gasteiger partial charge in [0.05, 0.1) is 6.61 Å². The fourth-order valence-corrected chi connectivity index (χ4v) is 1.63. The van der Waals surface area contributed by atoms with Crippen molar-refractivity contribution in [1.82, 2.24) is 0 Å². The molecule has 1 saturated heterocycles. The molecule has 0 amide bonds. The Morgan fingerprint density at radius 3 is 2.23 bits per heavy atom. The Morgan fingerprint density at radius 1 is 1.23 bits per heavy atom. The summed E-state index contributed by atoms with van der Waals surface area (Å²) in [5.41, 5.74) is 0. The smallest absolute Gasteiger partial charge is 0.254 e. The minimum atomic E-state index is -2.14. The van der Waals surface area contributed by atoms with Crippen molar-refractivity contribution in [3.8, 4) is 0 Å². The van der Waals surface area contributed by atoms with Crippen LogP contribution in [0.4, 0.5) is 0 Å². The van der Waals surface area contributed by atoms with Crippen LogP contribution in [0.15, 0.2) is 0 Å². The van der Waals surface area contributed by atoms with Crippen molar-refractivity contribution >= 4 is 15.9 Å². The van der Waals surface area contributed by atoms with E-state index < -0.39 is 35.7 Å². The van der Waals surface area contributed by atoms with Crippen LogP contribution in [0.5, 0.6) is 0 Å². The van der Waals surface area contributed by atoms with Crippen molar-refractivity contribution < 1.29 is 30.3 Å². The third kappa shape index (κ3) is 2.01. The van der Waals surface area contributed by atoms with Gasteiger partial charge in [0.1, 0.15) is 24.4 Å². The van der Waals surface area contributed by atoms with E-state index in [9.17, 15) is 20.4 Å². The van der Waals surface area contributed by atoms with Gasteiger partial charge < -0.3 is 30.3 Å². The second-order valence-corrected chi connectivity index (χ2v) is 4.01. The molecule has 1 rings (SSSR count). The van der Waals surface area contributed by atoms with Crippen molar-refractivity contribution in [2.75, 3.05) is 6.61 Å². The average Bonchev–Trinajstić information content (AvgIpc) is 2.08. The first-order valence-corrected chi connectivity index (χ1v) is 4.43. The zero-order chi connectivity index (χ0) is 10.2. The highest BCUT2D eigenvalue weighted by Crippen LogP contribution is 2.32. The molecular formula is C6H11BrO6. The van der Waals surface area contributed by atoms with Gasteiger partial charge in [-0.3, -0.25) is 0 Å². The summed E-state index contributed by atoms with van der Waals surface area (Å²) in [6.07, 6.45) is -5.82. The van der Waals surface area contributed by atoms with Crippen LogP contribution in [0.3, 0.4) is 0 Å². The Hall–Kier alpha value is 0.240. The monoisotopic (exact) mass is 258 g/mol. The number of halogens is 1. The number of hydrogen-bond donors (Lipinski definition) is 5. The average molecular weight is 259 g/mol. The van der Waals surface area contributed by atoms with Crippen LogP contribution in [0, 0.1) is 0 Å². The number of aliphatic hydroxyl groups excluding tert-OH is 4. The highest BCUT2D eigenvalue weighted by atomic mass is 79.9. The third-order valence-corrected chi connectivity index (χ3v) is 2.57. The van der Waals surface area contributed by atoms with E-state index >= 15 is 0 Å². The summed E-state index contributed by atoms with van der Waals surface area (Å²) in [6.45, 7) is -0.571. The van der Waals surface area contributed by atoms with Crippen LogP contribution in [-0.2, 0) is 4.74 Å². The number of alkyl halides is 1. The predicted molar refractivity (Wildman–Crippen MR) is 43.9 cm³/mol. The second-order valence-electron chi connectivity index (χ2n) is 2.87. The molecule has 0 aliphatic carbocycles. The fourth-order valence-electron chi connectivity index (χ4n) is 1.11. The summed E-state index contributed by atoms with van der Waals surface area (Å²) in [5, 5.41) is 45.6. The van der Waals surface area contributed by atoms with Gasteiger partial charge in [-0.15, -0.1) is 0 Å². The molecule has 5 atom stereocenters. The first kappa shape index (κ1) is 11.3. The molecule has 78 valence electrons. The van der Waals surface area contributed by atoms with Gasteiger partial charge in [-0.1, -0.05) is 0 Å². The Morgan fingerprint density at radius 2 is 1.77 bits per heavy atom. The molecule has 7 heteroatoms. The maximum atomic E-state index is 9.29. The van der Waals surface area contributed by atoms with Gasteiger partial charge in [0.25, 0.3) is 4.70 Å². The molecule has 1 aliphatic rings. The van der Waals surface area contributed by atoms with Crippen LogP contribution in [-0.4, -0.2) is 61.3 Å². The molecule has 1 aliphatic heterocycles. The summed E-state index contributed by atoms with van der Waals surface area (Å²) < 4.78 is 2.54. The minimum Gasteiger partial charge on any atom is -0.394 e. The lowest BCUT2D eigenvalue weighted by Gasteiger charge is -2.42. The lowest BCUT2D eigenvalue weighted by atomic mass is 9.99. The third-order valence-electron chi connectivity index (χ3n) is 1.92. The standard InChI is InChI=1S/C6H11BrO6/c7-6(12)5(11)4(10)3(9)2(1-8)13-6/h2-5,8-12H,1H2/t2-,3-,4+,5+,6+/m1/s1.